The number of carboxylic acid groups (broad SMARTS) is 1. The number of sulfone groups is 1. The van der Waals surface area contributed by atoms with Gasteiger partial charge in [0.05, 0.1) is 16.2 Å². The summed E-state index contributed by atoms with van der Waals surface area (Å²) in [6.45, 7) is 1.72. The van der Waals surface area contributed by atoms with E-state index in [0.717, 1.165) is 0 Å². The Morgan fingerprint density at radius 2 is 1.75 bits per heavy atom. The summed E-state index contributed by atoms with van der Waals surface area (Å²) in [5.74, 6) is -1.45. The van der Waals surface area contributed by atoms with E-state index in [4.69, 9.17) is 5.11 Å². The van der Waals surface area contributed by atoms with Crippen LogP contribution in [-0.2, 0) is 15.6 Å². The van der Waals surface area contributed by atoms with Crippen molar-refractivity contribution in [2.24, 2.45) is 0 Å². The van der Waals surface area contributed by atoms with Crippen LogP contribution in [0, 0.1) is 6.92 Å². The van der Waals surface area contributed by atoms with Gasteiger partial charge in [-0.15, -0.1) is 0 Å². The minimum atomic E-state index is -3.69. The van der Waals surface area contributed by atoms with Crippen LogP contribution in [0.15, 0.2) is 53.4 Å². The molecule has 0 amide bonds. The van der Waals surface area contributed by atoms with E-state index in [1.807, 2.05) is 0 Å². The highest BCUT2D eigenvalue weighted by Gasteiger charge is 2.22. The fourth-order valence-corrected chi connectivity index (χ4v) is 3.50. The van der Waals surface area contributed by atoms with Crippen LogP contribution in [0.1, 0.15) is 21.5 Å². The van der Waals surface area contributed by atoms with Gasteiger partial charge in [-0.3, -0.25) is 0 Å². The van der Waals surface area contributed by atoms with Crippen LogP contribution in [0.3, 0.4) is 0 Å². The quantitative estimate of drug-likeness (QED) is 0.939. The minimum absolute atomic E-state index is 0.139. The lowest BCUT2D eigenvalue weighted by molar-refractivity contribution is 0.0692. The molecule has 0 saturated carbocycles. The Morgan fingerprint density at radius 3 is 2.35 bits per heavy atom. The Morgan fingerprint density at radius 1 is 1.10 bits per heavy atom. The average molecular weight is 290 g/mol. The molecule has 5 heteroatoms. The van der Waals surface area contributed by atoms with Crippen LogP contribution in [0.2, 0.25) is 0 Å². The maximum Gasteiger partial charge on any atom is 0.337 e. The molecule has 0 aliphatic rings. The molecule has 0 aromatic heterocycles. The number of carbonyl (C=O) groups is 1. The average Bonchev–Trinajstić information content (AvgIpc) is 2.38. The standard InChI is InChI=1S/C15H14O4S/c1-11-7-8-14(13(9-11)15(16)17)20(18,19)10-12-5-3-2-4-6-12/h2-9H,10H2,1H3,(H,16,17). The summed E-state index contributed by atoms with van der Waals surface area (Å²) >= 11 is 0. The molecule has 0 unspecified atom stereocenters. The van der Waals surface area contributed by atoms with E-state index in [1.165, 1.54) is 12.1 Å². The van der Waals surface area contributed by atoms with Crippen molar-refractivity contribution in [3.05, 3.63) is 65.2 Å². The molecule has 2 aromatic carbocycles. The van der Waals surface area contributed by atoms with Crippen LogP contribution in [-0.4, -0.2) is 19.5 Å². The van der Waals surface area contributed by atoms with E-state index < -0.39 is 15.8 Å². The number of benzene rings is 2. The monoisotopic (exact) mass is 290 g/mol. The predicted molar refractivity (Wildman–Crippen MR) is 75.5 cm³/mol. The summed E-state index contributed by atoms with van der Waals surface area (Å²) in [4.78, 5) is 11.1. The van der Waals surface area contributed by atoms with Gasteiger partial charge < -0.3 is 5.11 Å². The summed E-state index contributed by atoms with van der Waals surface area (Å²) in [5, 5.41) is 9.16. The number of hydrogen-bond donors (Lipinski definition) is 1. The lowest BCUT2D eigenvalue weighted by Crippen LogP contribution is -2.11. The smallest absolute Gasteiger partial charge is 0.337 e. The Kier molecular flexibility index (Phi) is 3.90. The van der Waals surface area contributed by atoms with Gasteiger partial charge in [-0.1, -0.05) is 42.0 Å². The third-order valence-corrected chi connectivity index (χ3v) is 4.64. The molecule has 0 saturated heterocycles. The molecule has 4 nitrogen and oxygen atoms in total. The summed E-state index contributed by atoms with van der Waals surface area (Å²) in [7, 11) is -3.69. The van der Waals surface area contributed by atoms with Crippen molar-refractivity contribution in [1.29, 1.82) is 0 Å². The van der Waals surface area contributed by atoms with Gasteiger partial charge in [0.2, 0.25) is 0 Å². The van der Waals surface area contributed by atoms with Gasteiger partial charge in [-0.05, 0) is 24.6 Å². The van der Waals surface area contributed by atoms with Crippen molar-refractivity contribution in [3.8, 4) is 0 Å². The van der Waals surface area contributed by atoms with Crippen molar-refractivity contribution in [2.75, 3.05) is 0 Å². The third-order valence-electron chi connectivity index (χ3n) is 2.90. The third kappa shape index (κ3) is 3.05. The highest BCUT2D eigenvalue weighted by molar-refractivity contribution is 7.90. The second kappa shape index (κ2) is 5.46. The first-order chi connectivity index (χ1) is 9.40. The van der Waals surface area contributed by atoms with E-state index in [2.05, 4.69) is 0 Å². The molecule has 104 valence electrons. The number of rotatable bonds is 4. The van der Waals surface area contributed by atoms with Gasteiger partial charge in [0.1, 0.15) is 0 Å². The highest BCUT2D eigenvalue weighted by Crippen LogP contribution is 2.22. The second-order valence-electron chi connectivity index (χ2n) is 4.55. The van der Waals surface area contributed by atoms with Gasteiger partial charge in [0, 0.05) is 0 Å². The molecule has 0 aliphatic heterocycles. The highest BCUT2D eigenvalue weighted by atomic mass is 32.2. The largest absolute Gasteiger partial charge is 0.478 e. The van der Waals surface area contributed by atoms with E-state index in [1.54, 1.807) is 43.3 Å². The zero-order valence-electron chi connectivity index (χ0n) is 10.9. The Hall–Kier alpha value is -2.14. The topological polar surface area (TPSA) is 71.4 Å². The van der Waals surface area contributed by atoms with E-state index in [0.29, 0.717) is 11.1 Å². The van der Waals surface area contributed by atoms with Gasteiger partial charge in [0.25, 0.3) is 0 Å². The molecular formula is C15H14O4S. The summed E-state index contributed by atoms with van der Waals surface area (Å²) in [6.07, 6.45) is 0. The van der Waals surface area contributed by atoms with Crippen LogP contribution < -0.4 is 0 Å². The molecule has 0 radical (unpaired) electrons. The van der Waals surface area contributed by atoms with Gasteiger partial charge in [-0.25, -0.2) is 13.2 Å². The first-order valence-electron chi connectivity index (χ1n) is 6.01. The first kappa shape index (κ1) is 14.3. The van der Waals surface area contributed by atoms with Crippen molar-refractivity contribution < 1.29 is 18.3 Å². The molecule has 2 aromatic rings. The van der Waals surface area contributed by atoms with Crippen molar-refractivity contribution >= 4 is 15.8 Å². The molecule has 2 rings (SSSR count). The van der Waals surface area contributed by atoms with E-state index in [9.17, 15) is 13.2 Å². The Bertz CT molecular complexity index is 734. The first-order valence-corrected chi connectivity index (χ1v) is 7.66. The van der Waals surface area contributed by atoms with Crippen LogP contribution >= 0.6 is 0 Å². The number of aromatic carboxylic acids is 1. The summed E-state index contributed by atoms with van der Waals surface area (Å²) in [5.41, 5.74) is 1.16. The fourth-order valence-electron chi connectivity index (χ4n) is 1.95. The lowest BCUT2D eigenvalue weighted by Gasteiger charge is -2.09. The molecule has 20 heavy (non-hydrogen) atoms. The normalized spacial score (nSPS) is 11.2. The Labute approximate surface area is 117 Å². The van der Waals surface area contributed by atoms with E-state index >= 15 is 0 Å². The fraction of sp³-hybridized carbons (Fsp3) is 0.133. The molecule has 0 heterocycles. The van der Waals surface area contributed by atoms with Crippen molar-refractivity contribution in [1.82, 2.24) is 0 Å². The van der Waals surface area contributed by atoms with Crippen LogP contribution in [0.4, 0.5) is 0 Å². The van der Waals surface area contributed by atoms with E-state index in [-0.39, 0.29) is 16.2 Å². The van der Waals surface area contributed by atoms with Crippen molar-refractivity contribution in [2.45, 2.75) is 17.6 Å². The second-order valence-corrected chi connectivity index (χ2v) is 6.51. The number of carboxylic acids is 1. The SMILES string of the molecule is Cc1ccc(S(=O)(=O)Cc2ccccc2)c(C(=O)O)c1. The van der Waals surface area contributed by atoms with Crippen LogP contribution in [0.25, 0.3) is 0 Å². The molecule has 1 N–H and O–H groups in total. The summed E-state index contributed by atoms with van der Waals surface area (Å²) < 4.78 is 24.7. The molecule has 0 aliphatic carbocycles. The van der Waals surface area contributed by atoms with Crippen molar-refractivity contribution in [3.63, 3.8) is 0 Å². The molecule has 0 fully saturated rings. The molecule has 0 spiro atoms. The Balaban J connectivity index is 2.47. The molecular weight excluding hydrogens is 276 g/mol. The number of aryl methyl sites for hydroxylation is 1. The maximum atomic E-state index is 12.4. The lowest BCUT2D eigenvalue weighted by atomic mass is 10.1. The summed E-state index contributed by atoms with van der Waals surface area (Å²) in [6, 6.07) is 13.0. The predicted octanol–water partition coefficient (Wildman–Crippen LogP) is 2.67. The van der Waals surface area contributed by atoms with Crippen LogP contribution in [0.5, 0.6) is 0 Å². The number of hydrogen-bond acceptors (Lipinski definition) is 3. The molecule has 0 bridgehead atoms. The molecule has 0 atom stereocenters. The van der Waals surface area contributed by atoms with Gasteiger partial charge in [0.15, 0.2) is 9.84 Å². The maximum absolute atomic E-state index is 12.4. The van der Waals surface area contributed by atoms with Gasteiger partial charge >= 0.3 is 5.97 Å². The zero-order chi connectivity index (χ0) is 14.8. The van der Waals surface area contributed by atoms with Gasteiger partial charge in [-0.2, -0.15) is 0 Å². The zero-order valence-corrected chi connectivity index (χ0v) is 11.7. The minimum Gasteiger partial charge on any atom is -0.478 e.